The highest BCUT2D eigenvalue weighted by atomic mass is 35.5. The second-order valence-electron chi connectivity index (χ2n) is 4.97. The fraction of sp³-hybridized carbons (Fsp3) is 0.462. The zero-order valence-electron chi connectivity index (χ0n) is 10.3. The molecule has 0 radical (unpaired) electrons. The van der Waals surface area contributed by atoms with E-state index >= 15 is 0 Å². The topological polar surface area (TPSA) is 76.4 Å². The number of fused-ring (bicyclic) bond motifs is 1. The molecule has 19 heavy (non-hydrogen) atoms. The number of ether oxygens (including phenoxy) is 1. The van der Waals surface area contributed by atoms with Crippen LogP contribution < -0.4 is 16.4 Å². The molecule has 102 valence electrons. The Balaban J connectivity index is 1.59. The fourth-order valence-corrected chi connectivity index (χ4v) is 2.98. The summed E-state index contributed by atoms with van der Waals surface area (Å²) in [5.41, 5.74) is 6.61. The van der Waals surface area contributed by atoms with E-state index in [0.717, 1.165) is 13.0 Å². The monoisotopic (exact) mass is 281 g/mol. The van der Waals surface area contributed by atoms with E-state index in [1.807, 2.05) is 12.1 Å². The minimum atomic E-state index is -0.303. The van der Waals surface area contributed by atoms with Crippen molar-refractivity contribution in [3.8, 4) is 0 Å². The number of amides is 2. The van der Waals surface area contributed by atoms with E-state index < -0.39 is 0 Å². The molecule has 1 aromatic rings. The van der Waals surface area contributed by atoms with Crippen LogP contribution in [0.15, 0.2) is 24.3 Å². The first kappa shape index (κ1) is 12.7. The average molecular weight is 282 g/mol. The number of rotatable bonds is 2. The number of halogens is 1. The first-order chi connectivity index (χ1) is 9.16. The Bertz CT molecular complexity index is 497. The first-order valence-electron chi connectivity index (χ1n) is 6.36. The molecule has 3 rings (SSSR count). The van der Waals surface area contributed by atoms with Gasteiger partial charge >= 0.3 is 6.03 Å². The molecule has 5 nitrogen and oxygen atoms in total. The van der Waals surface area contributed by atoms with Gasteiger partial charge in [-0.2, -0.15) is 0 Å². The normalized spacial score (nSPS) is 32.3. The lowest BCUT2D eigenvalue weighted by atomic mass is 9.72. The van der Waals surface area contributed by atoms with Gasteiger partial charge in [-0.3, -0.25) is 0 Å². The number of urea groups is 1. The molecule has 1 saturated carbocycles. The van der Waals surface area contributed by atoms with Crippen molar-refractivity contribution in [2.75, 3.05) is 11.9 Å². The maximum absolute atomic E-state index is 11.9. The summed E-state index contributed by atoms with van der Waals surface area (Å²) in [7, 11) is 0. The van der Waals surface area contributed by atoms with E-state index in [1.165, 1.54) is 0 Å². The van der Waals surface area contributed by atoms with Gasteiger partial charge in [-0.1, -0.05) is 23.7 Å². The molecule has 1 heterocycles. The Morgan fingerprint density at radius 2 is 2.21 bits per heavy atom. The Hall–Kier alpha value is -1.30. The molecule has 2 fully saturated rings. The standard InChI is InChI=1S/C13H16ClN3O2/c14-8-3-1-2-4-9(8)16-13(18)17-11-10(15)7-5-6-19-12(7)11/h1-4,7,10-12H,5-6,15H2,(H2,16,17,18). The molecular weight excluding hydrogens is 266 g/mol. The zero-order chi connectivity index (χ0) is 13.4. The van der Waals surface area contributed by atoms with Crippen LogP contribution in [0.5, 0.6) is 0 Å². The molecular formula is C13H16ClN3O2. The van der Waals surface area contributed by atoms with Crippen molar-refractivity contribution in [1.29, 1.82) is 0 Å². The zero-order valence-corrected chi connectivity index (χ0v) is 11.1. The van der Waals surface area contributed by atoms with E-state index in [1.54, 1.807) is 12.1 Å². The van der Waals surface area contributed by atoms with Crippen molar-refractivity contribution in [2.24, 2.45) is 11.7 Å². The van der Waals surface area contributed by atoms with Crippen molar-refractivity contribution in [1.82, 2.24) is 5.32 Å². The lowest BCUT2D eigenvalue weighted by molar-refractivity contribution is -0.0128. The number of carbonyl (C=O) groups excluding carboxylic acids is 1. The molecule has 2 amide bonds. The number of hydrogen-bond acceptors (Lipinski definition) is 3. The highest BCUT2D eigenvalue weighted by Gasteiger charge is 2.52. The highest BCUT2D eigenvalue weighted by molar-refractivity contribution is 6.33. The summed E-state index contributed by atoms with van der Waals surface area (Å²) >= 11 is 5.98. The molecule has 1 aliphatic heterocycles. The van der Waals surface area contributed by atoms with Crippen LogP contribution in [0.4, 0.5) is 10.5 Å². The second-order valence-corrected chi connectivity index (χ2v) is 5.38. The summed E-state index contributed by atoms with van der Waals surface area (Å²) in [6.45, 7) is 0.730. The van der Waals surface area contributed by atoms with Crippen LogP contribution in [-0.4, -0.2) is 30.8 Å². The third kappa shape index (κ3) is 2.29. The van der Waals surface area contributed by atoms with Gasteiger partial charge in [-0.25, -0.2) is 4.79 Å². The van der Waals surface area contributed by atoms with Crippen molar-refractivity contribution >= 4 is 23.3 Å². The molecule has 4 atom stereocenters. The van der Waals surface area contributed by atoms with Crippen LogP contribution in [0, 0.1) is 5.92 Å². The molecule has 1 aromatic carbocycles. The van der Waals surface area contributed by atoms with Gasteiger partial charge in [0.05, 0.1) is 22.9 Å². The summed E-state index contributed by atoms with van der Waals surface area (Å²) in [5.74, 6) is 0.380. The minimum absolute atomic E-state index is 0.0236. The number of hydrogen-bond donors (Lipinski definition) is 3. The molecule has 4 unspecified atom stereocenters. The number of carbonyl (C=O) groups is 1. The fourth-order valence-electron chi connectivity index (χ4n) is 2.80. The third-order valence-electron chi connectivity index (χ3n) is 3.87. The first-order valence-corrected chi connectivity index (χ1v) is 6.74. The van der Waals surface area contributed by atoms with Gasteiger partial charge in [0.25, 0.3) is 0 Å². The molecule has 0 aromatic heterocycles. The van der Waals surface area contributed by atoms with Crippen LogP contribution in [0.2, 0.25) is 5.02 Å². The lowest BCUT2D eigenvalue weighted by Gasteiger charge is -2.45. The summed E-state index contributed by atoms with van der Waals surface area (Å²) < 4.78 is 5.56. The van der Waals surface area contributed by atoms with E-state index in [-0.39, 0.29) is 24.2 Å². The molecule has 1 aliphatic carbocycles. The van der Waals surface area contributed by atoms with Gasteiger partial charge in [-0.05, 0) is 18.6 Å². The van der Waals surface area contributed by atoms with Crippen molar-refractivity contribution < 1.29 is 9.53 Å². The van der Waals surface area contributed by atoms with Crippen LogP contribution >= 0.6 is 11.6 Å². The number of anilines is 1. The molecule has 6 heteroatoms. The maximum Gasteiger partial charge on any atom is 0.319 e. The predicted octanol–water partition coefficient (Wildman–Crippen LogP) is 1.58. The average Bonchev–Trinajstić information content (AvgIpc) is 2.83. The van der Waals surface area contributed by atoms with E-state index in [4.69, 9.17) is 22.1 Å². The van der Waals surface area contributed by atoms with Gasteiger partial charge in [-0.15, -0.1) is 0 Å². The smallest absolute Gasteiger partial charge is 0.319 e. The summed E-state index contributed by atoms with van der Waals surface area (Å²) in [5, 5.41) is 6.08. The van der Waals surface area contributed by atoms with Crippen molar-refractivity contribution in [2.45, 2.75) is 24.6 Å². The molecule has 0 spiro atoms. The summed E-state index contributed by atoms with van der Waals surface area (Å²) in [6.07, 6.45) is 1.04. The minimum Gasteiger partial charge on any atom is -0.376 e. The van der Waals surface area contributed by atoms with Crippen molar-refractivity contribution in [3.05, 3.63) is 29.3 Å². The third-order valence-corrected chi connectivity index (χ3v) is 4.20. The summed E-state index contributed by atoms with van der Waals surface area (Å²) in [4.78, 5) is 11.9. The van der Waals surface area contributed by atoms with Crippen LogP contribution in [0.3, 0.4) is 0 Å². The Morgan fingerprint density at radius 3 is 3.00 bits per heavy atom. The highest BCUT2D eigenvalue weighted by Crippen LogP contribution is 2.37. The SMILES string of the molecule is NC1C2CCOC2C1NC(=O)Nc1ccccc1Cl. The quantitative estimate of drug-likeness (QED) is 0.770. The Kier molecular flexibility index (Phi) is 3.35. The Morgan fingerprint density at radius 1 is 1.42 bits per heavy atom. The largest absolute Gasteiger partial charge is 0.376 e. The summed E-state index contributed by atoms with van der Waals surface area (Å²) in [6, 6.07) is 6.65. The maximum atomic E-state index is 11.9. The van der Waals surface area contributed by atoms with Crippen LogP contribution in [-0.2, 0) is 4.74 Å². The van der Waals surface area contributed by atoms with Gasteiger partial charge < -0.3 is 21.1 Å². The van der Waals surface area contributed by atoms with E-state index in [9.17, 15) is 4.79 Å². The number of nitrogens with one attached hydrogen (secondary N) is 2. The number of benzene rings is 1. The molecule has 1 saturated heterocycles. The Labute approximate surface area is 116 Å². The van der Waals surface area contributed by atoms with E-state index in [0.29, 0.717) is 16.6 Å². The number of para-hydroxylation sites is 1. The van der Waals surface area contributed by atoms with Gasteiger partial charge in [0.15, 0.2) is 0 Å². The second kappa shape index (κ2) is 5.00. The van der Waals surface area contributed by atoms with Crippen molar-refractivity contribution in [3.63, 3.8) is 0 Å². The van der Waals surface area contributed by atoms with Gasteiger partial charge in [0.1, 0.15) is 0 Å². The lowest BCUT2D eigenvalue weighted by Crippen LogP contribution is -2.69. The molecule has 0 bridgehead atoms. The van der Waals surface area contributed by atoms with Gasteiger partial charge in [0.2, 0.25) is 0 Å². The van der Waals surface area contributed by atoms with E-state index in [2.05, 4.69) is 10.6 Å². The van der Waals surface area contributed by atoms with Crippen LogP contribution in [0.25, 0.3) is 0 Å². The predicted molar refractivity (Wildman–Crippen MR) is 73.2 cm³/mol. The number of nitrogens with two attached hydrogens (primary N) is 1. The molecule has 2 aliphatic rings. The van der Waals surface area contributed by atoms with Gasteiger partial charge in [0, 0.05) is 18.6 Å². The molecule has 4 N–H and O–H groups in total. The van der Waals surface area contributed by atoms with Crippen LogP contribution in [0.1, 0.15) is 6.42 Å².